The van der Waals surface area contributed by atoms with E-state index < -0.39 is 9.04 Å². The molecule has 0 fully saturated rings. The van der Waals surface area contributed by atoms with Crippen molar-refractivity contribution in [2.24, 2.45) is 0 Å². The van der Waals surface area contributed by atoms with E-state index >= 15 is 0 Å². The molecule has 1 aromatic rings. The molecule has 0 spiro atoms. The lowest BCUT2D eigenvalue weighted by Crippen LogP contribution is -2.37. The highest BCUT2D eigenvalue weighted by atomic mass is 28.3. The Kier molecular flexibility index (Phi) is 6.89. The summed E-state index contributed by atoms with van der Waals surface area (Å²) in [6, 6.07) is 4.83. The van der Waals surface area contributed by atoms with E-state index in [0.717, 1.165) is 0 Å². The molecule has 1 rings (SSSR count). The number of hydrogen-bond donors (Lipinski definition) is 0. The fraction of sp³-hybridized carbons (Fsp3) is 0.579. The minimum absolute atomic E-state index is 0.540. The summed E-state index contributed by atoms with van der Waals surface area (Å²) in [5.74, 6) is 1.65. The Bertz CT molecular complexity index is 445. The molecule has 0 aliphatic heterocycles. The number of rotatable bonds is 7. The van der Waals surface area contributed by atoms with Gasteiger partial charge in [0.15, 0.2) is 0 Å². The third-order valence-electron chi connectivity index (χ3n) is 4.05. The summed E-state index contributed by atoms with van der Waals surface area (Å²) in [7, 11) is -1.39. The van der Waals surface area contributed by atoms with Crippen molar-refractivity contribution in [3.05, 3.63) is 41.5 Å². The van der Waals surface area contributed by atoms with E-state index in [0.29, 0.717) is 24.4 Å². The Morgan fingerprint density at radius 2 is 1.48 bits per heavy atom. The van der Waals surface area contributed by atoms with E-state index in [-0.39, 0.29) is 0 Å². The number of hydrogen-bond acceptors (Lipinski definition) is 1. The van der Waals surface area contributed by atoms with E-state index in [1.807, 2.05) is 6.08 Å². The van der Waals surface area contributed by atoms with Gasteiger partial charge in [-0.15, -0.1) is 6.58 Å². The molecule has 0 saturated heterocycles. The van der Waals surface area contributed by atoms with Crippen molar-refractivity contribution in [3.63, 3.8) is 0 Å². The van der Waals surface area contributed by atoms with Crippen molar-refractivity contribution in [2.75, 3.05) is 6.61 Å². The highest BCUT2D eigenvalue weighted by molar-refractivity contribution is 6.67. The normalized spacial score (nSPS) is 13.2. The van der Waals surface area contributed by atoms with Crippen molar-refractivity contribution in [3.8, 4) is 0 Å². The molecule has 21 heavy (non-hydrogen) atoms. The van der Waals surface area contributed by atoms with E-state index in [9.17, 15) is 0 Å². The van der Waals surface area contributed by atoms with Gasteiger partial charge in [-0.2, -0.15) is 0 Å². The summed E-state index contributed by atoms with van der Waals surface area (Å²) < 4.78 is 6.08. The standard InChI is InChI=1S/C19H32OSi/c1-9-10-20-21(8)19-17(14(4)5)11-16(13(2)3)12-18(19)15(6)7/h9,11-15,21H,1,10H2,2-8H3. The smallest absolute Gasteiger partial charge is 0.206 e. The van der Waals surface area contributed by atoms with Gasteiger partial charge in [0.2, 0.25) is 9.04 Å². The SMILES string of the molecule is C=CCO[SiH](C)c1c(C(C)C)cc(C(C)C)cc1C(C)C. The second kappa shape index (κ2) is 7.95. The van der Waals surface area contributed by atoms with Gasteiger partial charge in [0.05, 0.1) is 6.61 Å². The molecule has 2 heteroatoms. The average Bonchev–Trinajstić information content (AvgIpc) is 2.42. The average molecular weight is 305 g/mol. The van der Waals surface area contributed by atoms with E-state index in [1.165, 1.54) is 21.9 Å². The van der Waals surface area contributed by atoms with Crippen LogP contribution < -0.4 is 5.19 Å². The molecule has 0 radical (unpaired) electrons. The van der Waals surface area contributed by atoms with Crippen LogP contribution in [0.15, 0.2) is 24.8 Å². The van der Waals surface area contributed by atoms with Gasteiger partial charge < -0.3 is 4.43 Å². The van der Waals surface area contributed by atoms with Gasteiger partial charge in [-0.1, -0.05) is 59.8 Å². The third-order valence-corrected chi connectivity index (χ3v) is 6.22. The molecule has 0 heterocycles. The summed E-state index contributed by atoms with van der Waals surface area (Å²) in [5, 5.41) is 1.52. The Morgan fingerprint density at radius 1 is 1.00 bits per heavy atom. The van der Waals surface area contributed by atoms with Gasteiger partial charge in [-0.05, 0) is 46.2 Å². The molecule has 0 amide bonds. The van der Waals surface area contributed by atoms with E-state index in [1.54, 1.807) is 0 Å². The zero-order chi connectivity index (χ0) is 16.2. The second-order valence-corrected chi connectivity index (χ2v) is 9.04. The zero-order valence-corrected chi connectivity index (χ0v) is 16.0. The maximum absolute atomic E-state index is 6.08. The van der Waals surface area contributed by atoms with Crippen LogP contribution in [0.2, 0.25) is 6.55 Å². The maximum Gasteiger partial charge on any atom is 0.206 e. The molecule has 1 unspecified atom stereocenters. The third kappa shape index (κ3) is 4.55. The van der Waals surface area contributed by atoms with Crippen molar-refractivity contribution in [1.82, 2.24) is 0 Å². The van der Waals surface area contributed by atoms with Crippen molar-refractivity contribution < 1.29 is 4.43 Å². The van der Waals surface area contributed by atoms with Crippen LogP contribution in [-0.2, 0) is 4.43 Å². The largest absolute Gasteiger partial charge is 0.412 e. The summed E-state index contributed by atoms with van der Waals surface area (Å²) in [6.07, 6.45) is 1.86. The van der Waals surface area contributed by atoms with Gasteiger partial charge in [0.1, 0.15) is 0 Å². The van der Waals surface area contributed by atoms with Crippen LogP contribution in [0, 0.1) is 0 Å². The van der Waals surface area contributed by atoms with Gasteiger partial charge in [0, 0.05) is 0 Å². The first-order valence-electron chi connectivity index (χ1n) is 8.19. The Morgan fingerprint density at radius 3 is 1.81 bits per heavy atom. The van der Waals surface area contributed by atoms with Crippen LogP contribution in [-0.4, -0.2) is 15.6 Å². The number of benzene rings is 1. The lowest BCUT2D eigenvalue weighted by Gasteiger charge is -2.26. The van der Waals surface area contributed by atoms with Gasteiger partial charge >= 0.3 is 0 Å². The van der Waals surface area contributed by atoms with Crippen molar-refractivity contribution in [1.29, 1.82) is 0 Å². The fourth-order valence-corrected chi connectivity index (χ4v) is 5.14. The van der Waals surface area contributed by atoms with Crippen LogP contribution in [0.5, 0.6) is 0 Å². The van der Waals surface area contributed by atoms with Gasteiger partial charge in [-0.3, -0.25) is 0 Å². The first-order chi connectivity index (χ1) is 9.79. The first-order valence-corrected chi connectivity index (χ1v) is 10.4. The summed E-state index contributed by atoms with van der Waals surface area (Å²) in [5.41, 5.74) is 4.44. The quantitative estimate of drug-likeness (QED) is 0.518. The first kappa shape index (κ1) is 18.2. The topological polar surface area (TPSA) is 9.23 Å². The molecule has 0 bridgehead atoms. The van der Waals surface area contributed by atoms with Crippen LogP contribution in [0.3, 0.4) is 0 Å². The molecular formula is C19H32OSi. The molecular weight excluding hydrogens is 272 g/mol. The summed E-state index contributed by atoms with van der Waals surface area (Å²) in [6.45, 7) is 20.5. The van der Waals surface area contributed by atoms with Crippen molar-refractivity contribution >= 4 is 14.2 Å². The molecule has 0 aromatic heterocycles. The lowest BCUT2D eigenvalue weighted by atomic mass is 9.89. The molecule has 118 valence electrons. The predicted molar refractivity (Wildman–Crippen MR) is 97.5 cm³/mol. The summed E-state index contributed by atoms with van der Waals surface area (Å²) in [4.78, 5) is 0. The maximum atomic E-state index is 6.08. The fourth-order valence-electron chi connectivity index (χ4n) is 2.78. The molecule has 0 saturated carbocycles. The second-order valence-electron chi connectivity index (χ2n) is 6.84. The molecule has 0 N–H and O–H groups in total. The molecule has 1 aromatic carbocycles. The van der Waals surface area contributed by atoms with E-state index in [4.69, 9.17) is 4.43 Å². The highest BCUT2D eigenvalue weighted by Gasteiger charge is 2.22. The van der Waals surface area contributed by atoms with Crippen LogP contribution in [0.4, 0.5) is 0 Å². The Balaban J connectivity index is 3.45. The molecule has 0 aliphatic carbocycles. The van der Waals surface area contributed by atoms with Crippen molar-refractivity contribution in [2.45, 2.75) is 65.8 Å². The summed E-state index contributed by atoms with van der Waals surface area (Å²) >= 11 is 0. The monoisotopic (exact) mass is 304 g/mol. The van der Waals surface area contributed by atoms with E-state index in [2.05, 4.69) is 66.8 Å². The Labute approximate surface area is 133 Å². The minimum atomic E-state index is -1.39. The molecule has 1 atom stereocenters. The molecule has 0 aliphatic rings. The van der Waals surface area contributed by atoms with Gasteiger partial charge in [-0.25, -0.2) is 0 Å². The van der Waals surface area contributed by atoms with Crippen LogP contribution in [0.25, 0.3) is 0 Å². The van der Waals surface area contributed by atoms with Crippen LogP contribution >= 0.6 is 0 Å². The molecule has 1 nitrogen and oxygen atoms in total. The lowest BCUT2D eigenvalue weighted by molar-refractivity contribution is 0.378. The zero-order valence-electron chi connectivity index (χ0n) is 14.9. The van der Waals surface area contributed by atoms with Gasteiger partial charge in [0.25, 0.3) is 0 Å². The predicted octanol–water partition coefficient (Wildman–Crippen LogP) is 4.82. The minimum Gasteiger partial charge on any atom is -0.412 e. The van der Waals surface area contributed by atoms with Crippen LogP contribution in [0.1, 0.15) is 76.0 Å². The highest BCUT2D eigenvalue weighted by Crippen LogP contribution is 2.26. The Hall–Kier alpha value is -0.863.